The molecule has 0 bridgehead atoms. The van der Waals surface area contributed by atoms with E-state index in [1.807, 2.05) is 0 Å². The van der Waals surface area contributed by atoms with Gasteiger partial charge in [-0.25, -0.2) is 4.68 Å². The molecule has 1 aromatic heterocycles. The Balaban J connectivity index is 2.65. The van der Waals surface area contributed by atoms with E-state index in [-0.39, 0.29) is 16.3 Å². The van der Waals surface area contributed by atoms with Gasteiger partial charge in [0.15, 0.2) is 11.7 Å². The molecular formula is C14H10F6N4. The molecular weight excluding hydrogens is 338 g/mol. The highest BCUT2D eigenvalue weighted by molar-refractivity contribution is 5.49. The molecule has 2 rings (SSSR count). The van der Waals surface area contributed by atoms with Gasteiger partial charge in [0.1, 0.15) is 5.69 Å². The second-order valence-electron chi connectivity index (χ2n) is 5.00. The Bertz CT molecular complexity index is 797. The van der Waals surface area contributed by atoms with E-state index < -0.39 is 29.8 Å². The normalized spacial score (nSPS) is 13.6. The largest absolute Gasteiger partial charge is 0.435 e. The Morgan fingerprint density at radius 2 is 1.75 bits per heavy atom. The standard InChI is InChI=1S/C14H10F6N4/c1-7-4-8(2-3-9(7)22)10(6-21)24-12(14(18,19)20)5-11(23-24)13(15,16)17/h2-5,10H,22H2,1H3. The number of nitrogens with zero attached hydrogens (tertiary/aromatic N) is 3. The quantitative estimate of drug-likeness (QED) is 0.661. The van der Waals surface area contributed by atoms with Gasteiger partial charge in [0.05, 0.1) is 6.07 Å². The molecule has 0 aliphatic heterocycles. The lowest BCUT2D eigenvalue weighted by atomic mass is 10.0. The van der Waals surface area contributed by atoms with Crippen LogP contribution in [0.25, 0.3) is 0 Å². The average Bonchev–Trinajstić information content (AvgIpc) is 2.88. The Morgan fingerprint density at radius 1 is 1.12 bits per heavy atom. The third kappa shape index (κ3) is 3.29. The maximum atomic E-state index is 13.0. The minimum atomic E-state index is -5.10. The van der Waals surface area contributed by atoms with Crippen molar-refractivity contribution in [3.8, 4) is 6.07 Å². The number of halogens is 6. The molecule has 0 spiro atoms. The first-order valence-corrected chi connectivity index (χ1v) is 6.44. The molecule has 2 aromatic rings. The molecule has 1 unspecified atom stereocenters. The van der Waals surface area contributed by atoms with Crippen LogP contribution in [-0.4, -0.2) is 9.78 Å². The summed E-state index contributed by atoms with van der Waals surface area (Å²) in [5, 5.41) is 12.2. The van der Waals surface area contributed by atoms with Crippen LogP contribution in [0.1, 0.15) is 28.6 Å². The van der Waals surface area contributed by atoms with Crippen molar-refractivity contribution in [2.24, 2.45) is 0 Å². The second-order valence-corrected chi connectivity index (χ2v) is 5.00. The summed E-state index contributed by atoms with van der Waals surface area (Å²) in [7, 11) is 0. The summed E-state index contributed by atoms with van der Waals surface area (Å²) in [6.07, 6.45) is -10.2. The molecule has 0 saturated heterocycles. The van der Waals surface area contributed by atoms with Crippen LogP contribution >= 0.6 is 0 Å². The van der Waals surface area contributed by atoms with Crippen molar-refractivity contribution in [2.75, 3.05) is 5.73 Å². The molecule has 1 heterocycles. The maximum absolute atomic E-state index is 13.0. The van der Waals surface area contributed by atoms with Crippen LogP contribution in [0.15, 0.2) is 24.3 Å². The molecule has 0 saturated carbocycles. The van der Waals surface area contributed by atoms with Crippen LogP contribution in [0.5, 0.6) is 0 Å². The fourth-order valence-electron chi connectivity index (χ4n) is 2.08. The van der Waals surface area contributed by atoms with Crippen molar-refractivity contribution in [1.29, 1.82) is 5.26 Å². The third-order valence-electron chi connectivity index (χ3n) is 3.29. The second kappa shape index (κ2) is 5.74. The number of nitrogens with two attached hydrogens (primary N) is 1. The van der Waals surface area contributed by atoms with Crippen LogP contribution in [0.2, 0.25) is 0 Å². The topological polar surface area (TPSA) is 67.6 Å². The number of anilines is 1. The van der Waals surface area contributed by atoms with E-state index in [4.69, 9.17) is 5.73 Å². The lowest BCUT2D eigenvalue weighted by Crippen LogP contribution is -2.20. The Kier molecular flexibility index (Phi) is 4.22. The van der Waals surface area contributed by atoms with Crippen molar-refractivity contribution in [1.82, 2.24) is 9.78 Å². The summed E-state index contributed by atoms with van der Waals surface area (Å²) < 4.78 is 77.3. The molecule has 10 heteroatoms. The van der Waals surface area contributed by atoms with Crippen LogP contribution in [0.3, 0.4) is 0 Å². The number of aromatic nitrogens is 2. The van der Waals surface area contributed by atoms with E-state index in [1.54, 1.807) is 13.0 Å². The number of hydrogen-bond donors (Lipinski definition) is 1. The number of nitrogen functional groups attached to an aromatic ring is 1. The van der Waals surface area contributed by atoms with E-state index in [2.05, 4.69) is 5.10 Å². The number of rotatable bonds is 2. The fourth-order valence-corrected chi connectivity index (χ4v) is 2.08. The Labute approximate surface area is 132 Å². The smallest absolute Gasteiger partial charge is 0.399 e. The zero-order chi connectivity index (χ0) is 18.3. The summed E-state index contributed by atoms with van der Waals surface area (Å²) in [5.41, 5.74) is 3.08. The van der Waals surface area contributed by atoms with Crippen molar-refractivity contribution >= 4 is 5.69 Å². The van der Waals surface area contributed by atoms with Gasteiger partial charge < -0.3 is 5.73 Å². The highest BCUT2D eigenvalue weighted by Gasteiger charge is 2.43. The highest BCUT2D eigenvalue weighted by atomic mass is 19.4. The lowest BCUT2D eigenvalue weighted by Gasteiger charge is -2.16. The molecule has 4 nitrogen and oxygen atoms in total. The summed E-state index contributed by atoms with van der Waals surface area (Å²) in [5.74, 6) is 0. The number of benzene rings is 1. The van der Waals surface area contributed by atoms with Crippen LogP contribution in [0, 0.1) is 18.3 Å². The molecule has 1 atom stereocenters. The van der Waals surface area contributed by atoms with E-state index in [1.165, 1.54) is 18.2 Å². The molecule has 2 N–H and O–H groups in total. The minimum Gasteiger partial charge on any atom is -0.399 e. The first kappa shape index (κ1) is 17.7. The van der Waals surface area contributed by atoms with E-state index in [0.29, 0.717) is 11.3 Å². The molecule has 128 valence electrons. The molecule has 24 heavy (non-hydrogen) atoms. The van der Waals surface area contributed by atoms with Gasteiger partial charge in [-0.2, -0.15) is 36.7 Å². The Morgan fingerprint density at radius 3 is 2.21 bits per heavy atom. The zero-order valence-corrected chi connectivity index (χ0v) is 12.1. The summed E-state index contributed by atoms with van der Waals surface area (Å²) in [6.45, 7) is 1.56. The fraction of sp³-hybridized carbons (Fsp3) is 0.286. The van der Waals surface area contributed by atoms with E-state index >= 15 is 0 Å². The van der Waals surface area contributed by atoms with Crippen LogP contribution in [0.4, 0.5) is 32.0 Å². The SMILES string of the molecule is Cc1cc(C(C#N)n2nc(C(F)(F)F)cc2C(F)(F)F)ccc1N. The van der Waals surface area contributed by atoms with Crippen molar-refractivity contribution in [3.05, 3.63) is 46.8 Å². The molecule has 0 amide bonds. The number of alkyl halides is 6. The van der Waals surface area contributed by atoms with Crippen molar-refractivity contribution in [2.45, 2.75) is 25.3 Å². The van der Waals surface area contributed by atoms with Gasteiger partial charge in [-0.05, 0) is 24.1 Å². The zero-order valence-electron chi connectivity index (χ0n) is 12.1. The first-order chi connectivity index (χ1) is 10.9. The van der Waals surface area contributed by atoms with Crippen LogP contribution < -0.4 is 5.73 Å². The van der Waals surface area contributed by atoms with Gasteiger partial charge >= 0.3 is 12.4 Å². The predicted molar refractivity (Wildman–Crippen MR) is 71.6 cm³/mol. The van der Waals surface area contributed by atoms with Crippen LogP contribution in [-0.2, 0) is 12.4 Å². The summed E-state index contributed by atoms with van der Waals surface area (Å²) >= 11 is 0. The molecule has 0 aliphatic carbocycles. The highest BCUT2D eigenvalue weighted by Crippen LogP contribution is 2.37. The maximum Gasteiger partial charge on any atom is 0.435 e. The molecule has 0 fully saturated rings. The van der Waals surface area contributed by atoms with Crippen molar-refractivity contribution < 1.29 is 26.3 Å². The number of aryl methyl sites for hydroxylation is 1. The molecule has 0 radical (unpaired) electrons. The minimum absolute atomic E-state index is 0.0355. The first-order valence-electron chi connectivity index (χ1n) is 6.44. The van der Waals surface area contributed by atoms with Crippen molar-refractivity contribution in [3.63, 3.8) is 0 Å². The molecule has 0 aliphatic rings. The van der Waals surface area contributed by atoms with Gasteiger partial charge in [-0.15, -0.1) is 0 Å². The number of nitriles is 1. The molecule has 1 aromatic carbocycles. The van der Waals surface area contributed by atoms with Gasteiger partial charge in [-0.3, -0.25) is 0 Å². The summed E-state index contributed by atoms with van der Waals surface area (Å²) in [4.78, 5) is 0. The van der Waals surface area contributed by atoms with Gasteiger partial charge in [0.25, 0.3) is 0 Å². The van der Waals surface area contributed by atoms with Gasteiger partial charge in [0, 0.05) is 11.8 Å². The number of hydrogen-bond acceptors (Lipinski definition) is 3. The van der Waals surface area contributed by atoms with Gasteiger partial charge in [0.2, 0.25) is 0 Å². The third-order valence-corrected chi connectivity index (χ3v) is 3.29. The van der Waals surface area contributed by atoms with E-state index in [0.717, 1.165) is 0 Å². The average molecular weight is 348 g/mol. The Hall–Kier alpha value is -2.70. The lowest BCUT2D eigenvalue weighted by molar-refractivity contribution is -0.144. The monoisotopic (exact) mass is 348 g/mol. The summed E-state index contributed by atoms with van der Waals surface area (Å²) in [6, 6.07) is 3.71. The van der Waals surface area contributed by atoms with E-state index in [9.17, 15) is 31.6 Å². The van der Waals surface area contributed by atoms with Gasteiger partial charge in [-0.1, -0.05) is 12.1 Å². The predicted octanol–water partition coefficient (Wildman–Crippen LogP) is 3.92.